The number of carboxylic acids is 2. The number of hydrogen-bond donors (Lipinski definition) is 3. The third-order valence-corrected chi connectivity index (χ3v) is 3.55. The number of nitrogens with one attached hydrogen (secondary N) is 1. The maximum absolute atomic E-state index is 11.8. The van der Waals surface area contributed by atoms with Gasteiger partial charge in [0.05, 0.1) is 6.42 Å². The summed E-state index contributed by atoms with van der Waals surface area (Å²) < 4.78 is 5.66. The molecule has 0 heterocycles. The van der Waals surface area contributed by atoms with E-state index in [2.05, 4.69) is 5.32 Å². The van der Waals surface area contributed by atoms with Gasteiger partial charge in [0.1, 0.15) is 18.4 Å². The molecule has 27 heavy (non-hydrogen) atoms. The lowest BCUT2D eigenvalue weighted by Crippen LogP contribution is -2.41. The molecule has 7 heteroatoms. The van der Waals surface area contributed by atoms with Crippen molar-refractivity contribution in [1.82, 2.24) is 5.32 Å². The summed E-state index contributed by atoms with van der Waals surface area (Å²) >= 11 is 0. The summed E-state index contributed by atoms with van der Waals surface area (Å²) in [7, 11) is 0. The van der Waals surface area contributed by atoms with Gasteiger partial charge in [-0.2, -0.15) is 0 Å². The van der Waals surface area contributed by atoms with E-state index in [4.69, 9.17) is 14.9 Å². The van der Waals surface area contributed by atoms with Crippen LogP contribution in [0.1, 0.15) is 17.5 Å². The number of aliphatic carboxylic acids is 2. The Morgan fingerprint density at radius 1 is 1.00 bits per heavy atom. The first kappa shape index (κ1) is 19.7. The van der Waals surface area contributed by atoms with Crippen molar-refractivity contribution >= 4 is 23.9 Å². The summed E-state index contributed by atoms with van der Waals surface area (Å²) in [5, 5.41) is 19.7. The van der Waals surface area contributed by atoms with Crippen molar-refractivity contribution in [3.63, 3.8) is 0 Å². The van der Waals surface area contributed by atoms with Crippen LogP contribution in [0.25, 0.3) is 6.08 Å². The molecule has 3 N–H and O–H groups in total. The van der Waals surface area contributed by atoms with Crippen LogP contribution in [0.4, 0.5) is 0 Å². The van der Waals surface area contributed by atoms with E-state index in [1.807, 2.05) is 30.3 Å². The zero-order chi connectivity index (χ0) is 19.6. The Labute approximate surface area is 155 Å². The van der Waals surface area contributed by atoms with Gasteiger partial charge in [-0.15, -0.1) is 0 Å². The molecule has 0 unspecified atom stereocenters. The van der Waals surface area contributed by atoms with E-state index in [1.165, 1.54) is 6.08 Å². The van der Waals surface area contributed by atoms with Gasteiger partial charge in [0, 0.05) is 6.08 Å². The molecule has 0 radical (unpaired) electrons. The number of carboxylic acid groups (broad SMARTS) is 2. The molecule has 140 valence electrons. The van der Waals surface area contributed by atoms with Crippen LogP contribution in [0.15, 0.2) is 60.7 Å². The molecule has 0 aliphatic rings. The van der Waals surface area contributed by atoms with Crippen LogP contribution in [-0.4, -0.2) is 34.1 Å². The molecule has 7 nitrogen and oxygen atoms in total. The van der Waals surface area contributed by atoms with Crippen LogP contribution in [-0.2, 0) is 21.0 Å². The van der Waals surface area contributed by atoms with Crippen LogP contribution in [0.3, 0.4) is 0 Å². The van der Waals surface area contributed by atoms with Gasteiger partial charge in [0.15, 0.2) is 0 Å². The number of carbonyl (C=O) groups excluding carboxylic acids is 1. The minimum absolute atomic E-state index is 0.443. The SMILES string of the molecule is O=C(O)C[C@H](NC(=O)/C=C/c1ccc(OCc2ccccc2)cc1)C(=O)O. The maximum atomic E-state index is 11.8. The van der Waals surface area contributed by atoms with Crippen LogP contribution in [0.2, 0.25) is 0 Å². The summed E-state index contributed by atoms with van der Waals surface area (Å²) in [4.78, 5) is 33.3. The molecule has 0 spiro atoms. The molecule has 2 rings (SSSR count). The predicted molar refractivity (Wildman–Crippen MR) is 98.1 cm³/mol. The lowest BCUT2D eigenvalue weighted by atomic mass is 10.2. The Kier molecular flexibility index (Phi) is 7.13. The van der Waals surface area contributed by atoms with E-state index >= 15 is 0 Å². The van der Waals surface area contributed by atoms with Gasteiger partial charge in [0.2, 0.25) is 5.91 Å². The Bertz CT molecular complexity index is 814. The fourth-order valence-corrected chi connectivity index (χ4v) is 2.18. The standard InChI is InChI=1S/C20H19NO6/c22-18(21-17(20(25)26)12-19(23)24)11-8-14-6-9-16(10-7-14)27-13-15-4-2-1-3-5-15/h1-11,17H,12-13H2,(H,21,22)(H,23,24)(H,25,26)/b11-8+/t17-/m0/s1. The molecule has 0 aliphatic heterocycles. The highest BCUT2D eigenvalue weighted by molar-refractivity contribution is 5.95. The van der Waals surface area contributed by atoms with Gasteiger partial charge in [-0.05, 0) is 29.3 Å². The molecule has 0 saturated heterocycles. The van der Waals surface area contributed by atoms with Crippen LogP contribution in [0.5, 0.6) is 5.75 Å². The maximum Gasteiger partial charge on any atom is 0.326 e. The zero-order valence-electron chi connectivity index (χ0n) is 14.4. The highest BCUT2D eigenvalue weighted by atomic mass is 16.5. The van der Waals surface area contributed by atoms with Gasteiger partial charge in [-0.3, -0.25) is 9.59 Å². The van der Waals surface area contributed by atoms with Gasteiger partial charge in [-0.25, -0.2) is 4.79 Å². The molecule has 2 aromatic rings. The lowest BCUT2D eigenvalue weighted by molar-refractivity contribution is -0.146. The van der Waals surface area contributed by atoms with Gasteiger partial charge < -0.3 is 20.3 Å². The number of hydrogen-bond acceptors (Lipinski definition) is 4. The van der Waals surface area contributed by atoms with Gasteiger partial charge in [0.25, 0.3) is 0 Å². The van der Waals surface area contributed by atoms with Crippen molar-refractivity contribution in [3.05, 3.63) is 71.8 Å². The average molecular weight is 369 g/mol. The van der Waals surface area contributed by atoms with E-state index in [9.17, 15) is 14.4 Å². The van der Waals surface area contributed by atoms with E-state index < -0.39 is 30.3 Å². The van der Waals surface area contributed by atoms with E-state index in [0.29, 0.717) is 17.9 Å². The molecule has 0 aliphatic carbocycles. The van der Waals surface area contributed by atoms with E-state index in [1.54, 1.807) is 24.3 Å². The van der Waals surface area contributed by atoms with Crippen molar-refractivity contribution in [2.24, 2.45) is 0 Å². The van der Waals surface area contributed by atoms with Crippen LogP contribution >= 0.6 is 0 Å². The third-order valence-electron chi connectivity index (χ3n) is 3.55. The quantitative estimate of drug-likeness (QED) is 0.585. The second-order valence-corrected chi connectivity index (χ2v) is 5.67. The summed E-state index contributed by atoms with van der Waals surface area (Å²) in [6.45, 7) is 0.443. The second kappa shape index (κ2) is 9.76. The number of rotatable bonds is 9. The molecule has 0 aromatic heterocycles. The number of ether oxygens (including phenoxy) is 1. The van der Waals surface area contributed by atoms with Crippen molar-refractivity contribution in [2.75, 3.05) is 0 Å². The largest absolute Gasteiger partial charge is 0.489 e. The third kappa shape index (κ3) is 7.03. The average Bonchev–Trinajstić information content (AvgIpc) is 2.65. The minimum atomic E-state index is -1.48. The minimum Gasteiger partial charge on any atom is -0.489 e. The zero-order valence-corrected chi connectivity index (χ0v) is 14.4. The van der Waals surface area contributed by atoms with Crippen LogP contribution < -0.4 is 10.1 Å². The summed E-state index contributed by atoms with van der Waals surface area (Å²) in [6.07, 6.45) is 1.95. The van der Waals surface area contributed by atoms with Gasteiger partial charge >= 0.3 is 11.9 Å². The van der Waals surface area contributed by atoms with Crippen LogP contribution in [0, 0.1) is 0 Å². The number of carbonyl (C=O) groups is 3. The molecule has 2 aromatic carbocycles. The first-order valence-electron chi connectivity index (χ1n) is 8.14. The van der Waals surface area contributed by atoms with Crippen molar-refractivity contribution < 1.29 is 29.3 Å². The fourth-order valence-electron chi connectivity index (χ4n) is 2.18. The lowest BCUT2D eigenvalue weighted by Gasteiger charge is -2.10. The molecule has 0 bridgehead atoms. The highest BCUT2D eigenvalue weighted by Gasteiger charge is 2.21. The topological polar surface area (TPSA) is 113 Å². The van der Waals surface area contributed by atoms with E-state index in [0.717, 1.165) is 11.6 Å². The van der Waals surface area contributed by atoms with Crippen molar-refractivity contribution in [3.8, 4) is 5.75 Å². The highest BCUT2D eigenvalue weighted by Crippen LogP contribution is 2.15. The Hall–Kier alpha value is -3.61. The fraction of sp³-hybridized carbons (Fsp3) is 0.150. The Balaban J connectivity index is 1.88. The molecular formula is C20H19NO6. The van der Waals surface area contributed by atoms with Crippen molar-refractivity contribution in [1.29, 1.82) is 0 Å². The molecular weight excluding hydrogens is 350 g/mol. The van der Waals surface area contributed by atoms with E-state index in [-0.39, 0.29) is 0 Å². The normalized spacial score (nSPS) is 11.7. The second-order valence-electron chi connectivity index (χ2n) is 5.67. The first-order chi connectivity index (χ1) is 12.9. The van der Waals surface area contributed by atoms with Crippen molar-refractivity contribution in [2.45, 2.75) is 19.1 Å². The smallest absolute Gasteiger partial charge is 0.326 e. The van der Waals surface area contributed by atoms with Gasteiger partial charge in [-0.1, -0.05) is 42.5 Å². The molecule has 1 amide bonds. The first-order valence-corrected chi connectivity index (χ1v) is 8.14. The summed E-state index contributed by atoms with van der Waals surface area (Å²) in [5.41, 5.74) is 1.76. The summed E-state index contributed by atoms with van der Waals surface area (Å²) in [5.74, 6) is -2.72. The Morgan fingerprint density at radius 2 is 1.67 bits per heavy atom. The summed E-state index contributed by atoms with van der Waals surface area (Å²) in [6, 6.07) is 15.2. The molecule has 0 saturated carbocycles. The number of amides is 1. The monoisotopic (exact) mass is 369 g/mol. The number of benzene rings is 2. The predicted octanol–water partition coefficient (Wildman–Crippen LogP) is 2.32. The Morgan fingerprint density at radius 3 is 2.26 bits per heavy atom. The molecule has 0 fully saturated rings. The molecule has 1 atom stereocenters.